The Bertz CT molecular complexity index is 577. The fourth-order valence-electron chi connectivity index (χ4n) is 1.54. The second kappa shape index (κ2) is 5.30. The summed E-state index contributed by atoms with van der Waals surface area (Å²) in [5, 5.41) is 18.6. The van der Waals surface area contributed by atoms with Crippen LogP contribution in [-0.2, 0) is 4.74 Å². The third kappa shape index (κ3) is 2.76. The summed E-state index contributed by atoms with van der Waals surface area (Å²) >= 11 is 0. The monoisotopic (exact) mass is 262 g/mol. The summed E-state index contributed by atoms with van der Waals surface area (Å²) in [6.45, 7) is 1.96. The van der Waals surface area contributed by atoms with Gasteiger partial charge in [-0.3, -0.25) is 5.10 Å². The lowest BCUT2D eigenvalue weighted by atomic mass is 10.2. The number of aromatic amines is 1. The first kappa shape index (κ1) is 12.7. The van der Waals surface area contributed by atoms with Crippen molar-refractivity contribution < 1.29 is 14.6 Å². The number of nitrogens with zero attached hydrogens (tertiary/aromatic N) is 1. The van der Waals surface area contributed by atoms with Gasteiger partial charge in [-0.2, -0.15) is 5.10 Å². The van der Waals surface area contributed by atoms with Gasteiger partial charge >= 0.3 is 5.97 Å². The number of esters is 1. The summed E-state index contributed by atoms with van der Waals surface area (Å²) in [5.41, 5.74) is 6.48. The van der Waals surface area contributed by atoms with Gasteiger partial charge in [0.1, 0.15) is 17.1 Å². The SMILES string of the molecule is CCOC(=O)c1c(Nc2ccc(O)cc2)n[nH]c1N. The predicted molar refractivity (Wildman–Crippen MR) is 70.3 cm³/mol. The molecule has 0 amide bonds. The molecule has 0 unspecified atom stereocenters. The molecule has 1 heterocycles. The molecule has 0 saturated heterocycles. The minimum atomic E-state index is -0.546. The first-order valence-electron chi connectivity index (χ1n) is 5.68. The highest BCUT2D eigenvalue weighted by atomic mass is 16.5. The number of ether oxygens (including phenoxy) is 1. The summed E-state index contributed by atoms with van der Waals surface area (Å²) in [5.74, 6) is 0.0223. The van der Waals surface area contributed by atoms with E-state index in [0.717, 1.165) is 0 Å². The topological polar surface area (TPSA) is 113 Å². The van der Waals surface area contributed by atoms with Gasteiger partial charge in [0.15, 0.2) is 5.82 Å². The van der Waals surface area contributed by atoms with Crippen LogP contribution in [0, 0.1) is 0 Å². The fraction of sp³-hybridized carbons (Fsp3) is 0.167. The molecule has 1 aromatic carbocycles. The van der Waals surface area contributed by atoms with E-state index in [1.54, 1.807) is 19.1 Å². The van der Waals surface area contributed by atoms with Gasteiger partial charge in [0.25, 0.3) is 0 Å². The van der Waals surface area contributed by atoms with Crippen LogP contribution in [0.4, 0.5) is 17.3 Å². The number of nitrogens with one attached hydrogen (secondary N) is 2. The lowest BCUT2D eigenvalue weighted by Crippen LogP contribution is -2.08. The quantitative estimate of drug-likeness (QED) is 0.492. The van der Waals surface area contributed by atoms with E-state index >= 15 is 0 Å². The van der Waals surface area contributed by atoms with Crippen LogP contribution in [0.15, 0.2) is 24.3 Å². The third-order valence-electron chi connectivity index (χ3n) is 2.40. The van der Waals surface area contributed by atoms with Crippen molar-refractivity contribution in [2.75, 3.05) is 17.7 Å². The summed E-state index contributed by atoms with van der Waals surface area (Å²) in [4.78, 5) is 11.7. The smallest absolute Gasteiger partial charge is 0.345 e. The molecule has 19 heavy (non-hydrogen) atoms. The Hall–Kier alpha value is -2.70. The number of carbonyl (C=O) groups is 1. The average Bonchev–Trinajstić information content (AvgIpc) is 2.74. The molecule has 7 nitrogen and oxygen atoms in total. The number of rotatable bonds is 4. The van der Waals surface area contributed by atoms with Crippen LogP contribution in [0.2, 0.25) is 0 Å². The van der Waals surface area contributed by atoms with Crippen molar-refractivity contribution in [1.29, 1.82) is 0 Å². The maximum Gasteiger partial charge on any atom is 0.345 e. The highest BCUT2D eigenvalue weighted by Crippen LogP contribution is 2.24. The average molecular weight is 262 g/mol. The number of hydrogen-bond donors (Lipinski definition) is 4. The van der Waals surface area contributed by atoms with Crippen molar-refractivity contribution in [3.63, 3.8) is 0 Å². The normalized spacial score (nSPS) is 10.2. The van der Waals surface area contributed by atoms with Crippen molar-refractivity contribution in [3.05, 3.63) is 29.8 Å². The molecule has 7 heteroatoms. The number of H-pyrrole nitrogens is 1. The number of benzene rings is 1. The molecule has 2 rings (SSSR count). The Kier molecular flexibility index (Phi) is 3.56. The molecule has 0 aliphatic heterocycles. The molecule has 0 saturated carbocycles. The molecular formula is C12H14N4O3. The van der Waals surface area contributed by atoms with Crippen LogP contribution in [-0.4, -0.2) is 27.9 Å². The van der Waals surface area contributed by atoms with Crippen LogP contribution >= 0.6 is 0 Å². The molecule has 2 aromatic rings. The number of phenols is 1. The van der Waals surface area contributed by atoms with Crippen LogP contribution < -0.4 is 11.1 Å². The van der Waals surface area contributed by atoms with Gasteiger partial charge in [0.05, 0.1) is 6.61 Å². The second-order valence-electron chi connectivity index (χ2n) is 3.75. The summed E-state index contributed by atoms with van der Waals surface area (Å²) in [7, 11) is 0. The second-order valence-corrected chi connectivity index (χ2v) is 3.75. The van der Waals surface area contributed by atoms with Crippen LogP contribution in [0.3, 0.4) is 0 Å². The molecule has 0 bridgehead atoms. The Labute approximate surface area is 109 Å². The van der Waals surface area contributed by atoms with Gasteiger partial charge in [-0.15, -0.1) is 0 Å². The van der Waals surface area contributed by atoms with E-state index in [4.69, 9.17) is 10.5 Å². The molecule has 0 aliphatic carbocycles. The Balaban J connectivity index is 2.25. The zero-order chi connectivity index (χ0) is 13.8. The van der Waals surface area contributed by atoms with Crippen molar-refractivity contribution in [1.82, 2.24) is 10.2 Å². The van der Waals surface area contributed by atoms with E-state index in [2.05, 4.69) is 15.5 Å². The number of anilines is 3. The van der Waals surface area contributed by atoms with E-state index in [-0.39, 0.29) is 29.6 Å². The van der Waals surface area contributed by atoms with Crippen LogP contribution in [0.1, 0.15) is 17.3 Å². The van der Waals surface area contributed by atoms with Crippen molar-refractivity contribution >= 4 is 23.3 Å². The summed E-state index contributed by atoms with van der Waals surface area (Å²) in [6.07, 6.45) is 0. The maximum absolute atomic E-state index is 11.7. The first-order chi connectivity index (χ1) is 9.11. The Morgan fingerprint density at radius 3 is 2.79 bits per heavy atom. The number of aromatic nitrogens is 2. The number of phenolic OH excluding ortho intramolecular Hbond substituents is 1. The molecular weight excluding hydrogens is 248 g/mol. The highest BCUT2D eigenvalue weighted by Gasteiger charge is 2.20. The van der Waals surface area contributed by atoms with Gasteiger partial charge in [0.2, 0.25) is 0 Å². The van der Waals surface area contributed by atoms with E-state index in [1.165, 1.54) is 12.1 Å². The van der Waals surface area contributed by atoms with Crippen molar-refractivity contribution in [3.8, 4) is 5.75 Å². The number of carbonyl (C=O) groups excluding carboxylic acids is 1. The van der Waals surface area contributed by atoms with Crippen molar-refractivity contribution in [2.45, 2.75) is 6.92 Å². The van der Waals surface area contributed by atoms with Gasteiger partial charge in [0, 0.05) is 5.69 Å². The number of aromatic hydroxyl groups is 1. The molecule has 100 valence electrons. The zero-order valence-electron chi connectivity index (χ0n) is 10.3. The van der Waals surface area contributed by atoms with E-state index in [9.17, 15) is 9.90 Å². The van der Waals surface area contributed by atoms with Crippen LogP contribution in [0.25, 0.3) is 0 Å². The van der Waals surface area contributed by atoms with Crippen molar-refractivity contribution in [2.24, 2.45) is 0 Å². The van der Waals surface area contributed by atoms with E-state index in [1.807, 2.05) is 0 Å². The minimum Gasteiger partial charge on any atom is -0.508 e. The lowest BCUT2D eigenvalue weighted by Gasteiger charge is -2.06. The Morgan fingerprint density at radius 1 is 1.47 bits per heavy atom. The van der Waals surface area contributed by atoms with Gasteiger partial charge < -0.3 is 20.9 Å². The highest BCUT2D eigenvalue weighted by molar-refractivity contribution is 6.00. The first-order valence-corrected chi connectivity index (χ1v) is 5.68. The zero-order valence-corrected chi connectivity index (χ0v) is 10.3. The molecule has 0 spiro atoms. The van der Waals surface area contributed by atoms with Gasteiger partial charge in [-0.05, 0) is 31.2 Å². The molecule has 5 N–H and O–H groups in total. The van der Waals surface area contributed by atoms with Gasteiger partial charge in [-0.25, -0.2) is 4.79 Å². The van der Waals surface area contributed by atoms with Gasteiger partial charge in [-0.1, -0.05) is 0 Å². The molecule has 0 radical (unpaired) electrons. The minimum absolute atomic E-state index is 0.139. The largest absolute Gasteiger partial charge is 0.508 e. The fourth-order valence-corrected chi connectivity index (χ4v) is 1.54. The summed E-state index contributed by atoms with van der Waals surface area (Å²) < 4.78 is 4.91. The molecule has 0 aliphatic rings. The number of nitrogens with two attached hydrogens (primary N) is 1. The Morgan fingerprint density at radius 2 is 2.16 bits per heavy atom. The van der Waals surface area contributed by atoms with E-state index in [0.29, 0.717) is 5.69 Å². The number of hydrogen-bond acceptors (Lipinski definition) is 6. The van der Waals surface area contributed by atoms with Crippen LogP contribution in [0.5, 0.6) is 5.75 Å². The third-order valence-corrected chi connectivity index (χ3v) is 2.40. The summed E-state index contributed by atoms with van der Waals surface area (Å²) in [6, 6.07) is 6.33. The predicted octanol–water partition coefficient (Wildman–Crippen LogP) is 1.62. The standard InChI is InChI=1S/C12H14N4O3/c1-2-19-12(18)9-10(13)15-16-11(9)14-7-3-5-8(17)6-4-7/h3-6,17H,2H2,1H3,(H4,13,14,15,16). The molecule has 0 atom stereocenters. The van der Waals surface area contributed by atoms with E-state index < -0.39 is 5.97 Å². The number of nitrogen functional groups attached to an aromatic ring is 1. The maximum atomic E-state index is 11.7. The lowest BCUT2D eigenvalue weighted by molar-refractivity contribution is 0.0529. The molecule has 1 aromatic heterocycles. The molecule has 0 fully saturated rings.